The van der Waals surface area contributed by atoms with E-state index in [0.717, 1.165) is 6.42 Å². The summed E-state index contributed by atoms with van der Waals surface area (Å²) in [6.45, 7) is 2.15. The maximum absolute atomic E-state index is 12.3. The van der Waals surface area contributed by atoms with E-state index in [1.165, 1.54) is 11.9 Å². The van der Waals surface area contributed by atoms with Gasteiger partial charge < -0.3 is 14.7 Å². The number of aryl methyl sites for hydroxylation is 1. The number of nitrogens with zero attached hydrogens (tertiary/aromatic N) is 1. The zero-order valence-corrected chi connectivity index (χ0v) is 12.1. The molecular weight excluding hydrogens is 290 g/mol. The van der Waals surface area contributed by atoms with E-state index in [1.54, 1.807) is 18.3 Å². The van der Waals surface area contributed by atoms with Crippen LogP contribution >= 0.6 is 11.3 Å². The van der Waals surface area contributed by atoms with E-state index in [2.05, 4.69) is 15.3 Å². The second-order valence-electron chi connectivity index (χ2n) is 4.58. The molecule has 0 saturated carbocycles. The molecule has 108 valence electrons. The van der Waals surface area contributed by atoms with Gasteiger partial charge in [0.25, 0.3) is 11.5 Å². The van der Waals surface area contributed by atoms with E-state index >= 15 is 0 Å². The highest BCUT2D eigenvalue weighted by atomic mass is 32.1. The Hall–Kier alpha value is -2.41. The number of hydrogen-bond donors (Lipinski definition) is 2. The number of rotatable bonds is 4. The third-order valence-corrected chi connectivity index (χ3v) is 3.91. The van der Waals surface area contributed by atoms with Crippen molar-refractivity contribution in [3.05, 3.63) is 50.4 Å². The molecule has 0 aliphatic carbocycles. The summed E-state index contributed by atoms with van der Waals surface area (Å²) < 4.78 is 5.36. The lowest BCUT2D eigenvalue weighted by Gasteiger charge is -2.03. The number of hydrogen-bond acceptors (Lipinski definition) is 5. The first-order valence-electron chi connectivity index (χ1n) is 6.43. The largest absolute Gasteiger partial charge is 0.442 e. The number of aromatic nitrogens is 2. The zero-order valence-electron chi connectivity index (χ0n) is 11.3. The van der Waals surface area contributed by atoms with Gasteiger partial charge in [-0.05, 0) is 35.7 Å². The fraction of sp³-hybridized carbons (Fsp3) is 0.214. The molecule has 0 radical (unpaired) electrons. The van der Waals surface area contributed by atoms with Crippen LogP contribution < -0.4 is 10.9 Å². The van der Waals surface area contributed by atoms with Gasteiger partial charge in [-0.1, -0.05) is 0 Å². The number of fused-ring (bicyclic) bond motifs is 1. The summed E-state index contributed by atoms with van der Waals surface area (Å²) in [6, 6.07) is 2.02. The van der Waals surface area contributed by atoms with Crippen molar-refractivity contribution in [3.8, 4) is 0 Å². The SMILES string of the molecule is Cc1oc2nc[nH]c(=O)c2c1C(=O)NCCc1ccsc1. The van der Waals surface area contributed by atoms with Crippen molar-refractivity contribution < 1.29 is 9.21 Å². The van der Waals surface area contributed by atoms with Crippen molar-refractivity contribution in [2.24, 2.45) is 0 Å². The van der Waals surface area contributed by atoms with Crippen LogP contribution in [0.25, 0.3) is 11.1 Å². The van der Waals surface area contributed by atoms with Crippen LogP contribution in [-0.2, 0) is 6.42 Å². The minimum atomic E-state index is -0.375. The fourth-order valence-corrected chi connectivity index (χ4v) is 2.87. The second kappa shape index (κ2) is 5.53. The van der Waals surface area contributed by atoms with Crippen LogP contribution in [0.3, 0.4) is 0 Å². The first-order chi connectivity index (χ1) is 10.2. The van der Waals surface area contributed by atoms with Crippen LogP contribution in [0.2, 0.25) is 0 Å². The third kappa shape index (κ3) is 2.59. The zero-order chi connectivity index (χ0) is 14.8. The highest BCUT2D eigenvalue weighted by Gasteiger charge is 2.21. The number of nitrogens with one attached hydrogen (secondary N) is 2. The number of carbonyl (C=O) groups is 1. The minimum Gasteiger partial charge on any atom is -0.442 e. The Morgan fingerprint density at radius 1 is 1.52 bits per heavy atom. The lowest BCUT2D eigenvalue weighted by molar-refractivity contribution is 0.0954. The van der Waals surface area contributed by atoms with Gasteiger partial charge in [0.2, 0.25) is 5.71 Å². The molecule has 0 fully saturated rings. The molecule has 7 heteroatoms. The molecule has 2 N–H and O–H groups in total. The predicted octanol–water partition coefficient (Wildman–Crippen LogP) is 1.86. The number of H-pyrrole nitrogens is 1. The Labute approximate surface area is 123 Å². The molecule has 0 aliphatic heterocycles. The molecule has 21 heavy (non-hydrogen) atoms. The Balaban J connectivity index is 1.81. The Bertz CT molecular complexity index is 833. The quantitative estimate of drug-likeness (QED) is 0.770. The van der Waals surface area contributed by atoms with Gasteiger partial charge in [-0.25, -0.2) is 4.98 Å². The lowest BCUT2D eigenvalue weighted by Crippen LogP contribution is -2.27. The van der Waals surface area contributed by atoms with E-state index in [0.29, 0.717) is 12.3 Å². The van der Waals surface area contributed by atoms with Crippen molar-refractivity contribution in [1.82, 2.24) is 15.3 Å². The van der Waals surface area contributed by atoms with Crippen LogP contribution in [0.1, 0.15) is 21.7 Å². The molecule has 0 spiro atoms. The first kappa shape index (κ1) is 13.6. The van der Waals surface area contributed by atoms with Crippen molar-refractivity contribution in [2.45, 2.75) is 13.3 Å². The molecule has 3 aromatic rings. The second-order valence-corrected chi connectivity index (χ2v) is 5.36. The molecule has 3 aromatic heterocycles. The molecule has 0 unspecified atom stereocenters. The highest BCUT2D eigenvalue weighted by molar-refractivity contribution is 7.07. The van der Waals surface area contributed by atoms with Gasteiger partial charge in [-0.15, -0.1) is 0 Å². The Kier molecular flexibility index (Phi) is 3.57. The molecule has 6 nitrogen and oxygen atoms in total. The third-order valence-electron chi connectivity index (χ3n) is 3.18. The maximum atomic E-state index is 12.3. The van der Waals surface area contributed by atoms with E-state index in [-0.39, 0.29) is 28.1 Å². The van der Waals surface area contributed by atoms with E-state index in [1.807, 2.05) is 16.8 Å². The van der Waals surface area contributed by atoms with Gasteiger partial charge in [0.1, 0.15) is 11.1 Å². The van der Waals surface area contributed by atoms with Gasteiger partial charge in [-0.2, -0.15) is 11.3 Å². The summed E-state index contributed by atoms with van der Waals surface area (Å²) in [5.74, 6) is 0.0715. The van der Waals surface area contributed by atoms with Crippen LogP contribution in [0, 0.1) is 6.92 Å². The average Bonchev–Trinajstić information content (AvgIpc) is 3.06. The van der Waals surface area contributed by atoms with Crippen molar-refractivity contribution in [2.75, 3.05) is 6.54 Å². The Morgan fingerprint density at radius 2 is 2.38 bits per heavy atom. The van der Waals surface area contributed by atoms with Crippen LogP contribution in [0.15, 0.2) is 32.4 Å². The molecule has 0 saturated heterocycles. The smallest absolute Gasteiger partial charge is 0.262 e. The summed E-state index contributed by atoms with van der Waals surface area (Å²) in [5.41, 5.74) is 1.23. The molecule has 3 heterocycles. The van der Waals surface area contributed by atoms with Gasteiger partial charge >= 0.3 is 0 Å². The molecule has 0 aromatic carbocycles. The van der Waals surface area contributed by atoms with E-state index in [9.17, 15) is 9.59 Å². The average molecular weight is 303 g/mol. The molecule has 0 atom stereocenters. The van der Waals surface area contributed by atoms with Gasteiger partial charge in [0.05, 0.1) is 11.9 Å². The van der Waals surface area contributed by atoms with Crippen LogP contribution in [0.4, 0.5) is 0 Å². The number of thiophene rings is 1. The summed E-state index contributed by atoms with van der Waals surface area (Å²) in [6.07, 6.45) is 2.00. The number of furan rings is 1. The summed E-state index contributed by atoms with van der Waals surface area (Å²) in [5, 5.41) is 7.04. The maximum Gasteiger partial charge on any atom is 0.262 e. The molecule has 1 amide bonds. The first-order valence-corrected chi connectivity index (χ1v) is 7.37. The van der Waals surface area contributed by atoms with Gasteiger partial charge in [0, 0.05) is 6.54 Å². The number of aromatic amines is 1. The van der Waals surface area contributed by atoms with Crippen LogP contribution in [-0.4, -0.2) is 22.4 Å². The minimum absolute atomic E-state index is 0.180. The summed E-state index contributed by atoms with van der Waals surface area (Å²) in [7, 11) is 0. The van der Waals surface area contributed by atoms with Gasteiger partial charge in [0.15, 0.2) is 0 Å². The van der Waals surface area contributed by atoms with Crippen molar-refractivity contribution in [1.29, 1.82) is 0 Å². The Morgan fingerprint density at radius 3 is 3.14 bits per heavy atom. The topological polar surface area (TPSA) is 88.0 Å². The molecular formula is C14H13N3O3S. The number of carbonyl (C=O) groups excluding carboxylic acids is 1. The molecule has 0 bridgehead atoms. The van der Waals surface area contributed by atoms with Crippen molar-refractivity contribution in [3.63, 3.8) is 0 Å². The van der Waals surface area contributed by atoms with Crippen LogP contribution in [0.5, 0.6) is 0 Å². The normalized spacial score (nSPS) is 10.9. The molecule has 0 aliphatic rings. The standard InChI is InChI=1S/C14H13N3O3S/c1-8-10(11-13(19)16-7-17-14(11)20-8)12(18)15-4-2-9-3-5-21-6-9/h3,5-7H,2,4H2,1H3,(H,15,18)(H,16,17,19). The highest BCUT2D eigenvalue weighted by Crippen LogP contribution is 2.20. The predicted molar refractivity (Wildman–Crippen MR) is 79.7 cm³/mol. The summed E-state index contributed by atoms with van der Waals surface area (Å²) >= 11 is 1.62. The van der Waals surface area contributed by atoms with Gasteiger partial charge in [-0.3, -0.25) is 9.59 Å². The molecule has 3 rings (SSSR count). The number of amides is 1. The fourth-order valence-electron chi connectivity index (χ4n) is 2.17. The monoisotopic (exact) mass is 303 g/mol. The summed E-state index contributed by atoms with van der Waals surface area (Å²) in [4.78, 5) is 30.5. The van der Waals surface area contributed by atoms with E-state index in [4.69, 9.17) is 4.42 Å². The van der Waals surface area contributed by atoms with Crippen molar-refractivity contribution >= 4 is 28.3 Å². The van der Waals surface area contributed by atoms with E-state index < -0.39 is 0 Å². The lowest BCUT2D eigenvalue weighted by atomic mass is 10.1.